The minimum absolute atomic E-state index is 0.249. The molecule has 0 bridgehead atoms. The number of ether oxygens (including phenoxy) is 3. The first-order valence-electron chi connectivity index (χ1n) is 6.81. The molecule has 0 aromatic heterocycles. The predicted octanol–water partition coefficient (Wildman–Crippen LogP) is 1.05. The van der Waals surface area contributed by atoms with Crippen LogP contribution < -0.4 is 19.5 Å². The van der Waals surface area contributed by atoms with Gasteiger partial charge in [-0.2, -0.15) is 0 Å². The summed E-state index contributed by atoms with van der Waals surface area (Å²) >= 11 is 0. The molecule has 1 aromatic carbocycles. The van der Waals surface area contributed by atoms with Crippen molar-refractivity contribution in [2.45, 2.75) is 13.0 Å². The number of methoxy groups -OCH3 is 3. The summed E-state index contributed by atoms with van der Waals surface area (Å²) in [6.45, 7) is 0.262. The van der Waals surface area contributed by atoms with Crippen molar-refractivity contribution in [3.8, 4) is 17.2 Å². The van der Waals surface area contributed by atoms with E-state index in [9.17, 15) is 9.59 Å². The summed E-state index contributed by atoms with van der Waals surface area (Å²) < 4.78 is 15.7. The molecule has 1 aliphatic rings. The molecule has 2 unspecified atom stereocenters. The van der Waals surface area contributed by atoms with Crippen LogP contribution in [0.2, 0.25) is 0 Å². The molecule has 0 radical (unpaired) electrons. The van der Waals surface area contributed by atoms with Gasteiger partial charge in [-0.1, -0.05) is 0 Å². The van der Waals surface area contributed by atoms with E-state index in [1.54, 1.807) is 12.1 Å². The third-order valence-electron chi connectivity index (χ3n) is 3.64. The highest BCUT2D eigenvalue weighted by atomic mass is 16.5. The van der Waals surface area contributed by atoms with Gasteiger partial charge >= 0.3 is 5.97 Å². The van der Waals surface area contributed by atoms with Gasteiger partial charge < -0.3 is 24.6 Å². The number of carbonyl (C=O) groups excluding carboxylic acids is 1. The highest BCUT2D eigenvalue weighted by Crippen LogP contribution is 2.40. The number of carbonyl (C=O) groups is 2. The van der Waals surface area contributed by atoms with Crippen LogP contribution in [-0.4, -0.2) is 38.3 Å². The van der Waals surface area contributed by atoms with E-state index < -0.39 is 17.8 Å². The van der Waals surface area contributed by atoms with Gasteiger partial charge in [0.15, 0.2) is 11.5 Å². The van der Waals surface area contributed by atoms with E-state index in [-0.39, 0.29) is 12.5 Å². The van der Waals surface area contributed by atoms with E-state index in [1.807, 2.05) is 0 Å². The van der Waals surface area contributed by atoms with E-state index in [4.69, 9.17) is 19.3 Å². The highest BCUT2D eigenvalue weighted by Gasteiger charge is 2.48. The second-order valence-electron chi connectivity index (χ2n) is 5.04. The van der Waals surface area contributed by atoms with Gasteiger partial charge in [-0.3, -0.25) is 9.59 Å². The van der Waals surface area contributed by atoms with Crippen LogP contribution in [0.5, 0.6) is 17.2 Å². The Morgan fingerprint density at radius 1 is 1.14 bits per heavy atom. The molecule has 2 rings (SSSR count). The highest BCUT2D eigenvalue weighted by molar-refractivity contribution is 5.89. The zero-order chi connectivity index (χ0) is 16.3. The van der Waals surface area contributed by atoms with Crippen molar-refractivity contribution in [3.63, 3.8) is 0 Å². The molecule has 2 atom stereocenters. The molecule has 1 saturated carbocycles. The fraction of sp³-hybridized carbons (Fsp3) is 0.467. The number of nitrogens with one attached hydrogen (secondary N) is 1. The van der Waals surface area contributed by atoms with Crippen LogP contribution in [0.25, 0.3) is 0 Å². The number of hydrogen-bond acceptors (Lipinski definition) is 5. The summed E-state index contributed by atoms with van der Waals surface area (Å²) in [6, 6.07) is 3.48. The van der Waals surface area contributed by atoms with E-state index in [1.165, 1.54) is 21.3 Å². The molecule has 1 amide bonds. The van der Waals surface area contributed by atoms with Crippen LogP contribution in [0.1, 0.15) is 12.0 Å². The fourth-order valence-electron chi connectivity index (χ4n) is 2.32. The average Bonchev–Trinajstić information content (AvgIpc) is 3.32. The van der Waals surface area contributed by atoms with Crippen molar-refractivity contribution in [3.05, 3.63) is 17.7 Å². The Hall–Kier alpha value is -2.44. The fourth-order valence-corrected chi connectivity index (χ4v) is 2.32. The van der Waals surface area contributed by atoms with Crippen molar-refractivity contribution in [1.82, 2.24) is 5.32 Å². The van der Waals surface area contributed by atoms with Gasteiger partial charge in [-0.25, -0.2) is 0 Å². The summed E-state index contributed by atoms with van der Waals surface area (Å²) in [5.74, 6) is -0.677. The molecular weight excluding hydrogens is 290 g/mol. The van der Waals surface area contributed by atoms with Gasteiger partial charge in [-0.15, -0.1) is 0 Å². The minimum atomic E-state index is -0.923. The maximum atomic E-state index is 11.9. The number of carboxylic acid groups (broad SMARTS) is 1. The Kier molecular flexibility index (Phi) is 4.75. The number of carboxylic acids is 1. The topological polar surface area (TPSA) is 94.1 Å². The Bertz CT molecular complexity index is 560. The van der Waals surface area contributed by atoms with Crippen molar-refractivity contribution in [1.29, 1.82) is 0 Å². The van der Waals surface area contributed by atoms with Gasteiger partial charge in [-0.05, 0) is 24.1 Å². The largest absolute Gasteiger partial charge is 0.493 e. The first-order chi connectivity index (χ1) is 10.5. The number of rotatable bonds is 7. The molecule has 0 spiro atoms. The molecule has 120 valence electrons. The standard InChI is InChI=1S/C15H19NO6/c1-20-11-4-8(5-12(21-2)13(11)22-3)7-16-14(17)9-6-10(9)15(18)19/h4-5,9-10H,6-7H2,1-3H3,(H,16,17)(H,18,19). The lowest BCUT2D eigenvalue weighted by Gasteiger charge is -2.14. The van der Waals surface area contributed by atoms with E-state index in [2.05, 4.69) is 5.32 Å². The summed E-state index contributed by atoms with van der Waals surface area (Å²) in [5.41, 5.74) is 0.773. The molecule has 22 heavy (non-hydrogen) atoms. The second-order valence-corrected chi connectivity index (χ2v) is 5.04. The summed E-state index contributed by atoms with van der Waals surface area (Å²) in [7, 11) is 4.55. The van der Waals surface area contributed by atoms with E-state index in [0.717, 1.165) is 5.56 Å². The van der Waals surface area contributed by atoms with Crippen molar-refractivity contribution in [2.75, 3.05) is 21.3 Å². The lowest BCUT2D eigenvalue weighted by Crippen LogP contribution is -2.26. The van der Waals surface area contributed by atoms with Crippen LogP contribution in [0.3, 0.4) is 0 Å². The number of hydrogen-bond donors (Lipinski definition) is 2. The van der Waals surface area contributed by atoms with Gasteiger partial charge in [0.05, 0.1) is 33.2 Å². The van der Waals surface area contributed by atoms with Gasteiger partial charge in [0, 0.05) is 6.54 Å². The molecule has 1 aliphatic carbocycles. The molecule has 0 saturated heterocycles. The van der Waals surface area contributed by atoms with Crippen LogP contribution in [0.15, 0.2) is 12.1 Å². The van der Waals surface area contributed by atoms with Gasteiger partial charge in [0.2, 0.25) is 11.7 Å². The molecule has 7 heteroatoms. The Balaban J connectivity index is 2.04. The maximum absolute atomic E-state index is 11.9. The Labute approximate surface area is 128 Å². The lowest BCUT2D eigenvalue weighted by atomic mass is 10.1. The predicted molar refractivity (Wildman–Crippen MR) is 77.2 cm³/mol. The van der Waals surface area contributed by atoms with Crippen molar-refractivity contribution < 1.29 is 28.9 Å². The van der Waals surface area contributed by atoms with Crippen LogP contribution in [0, 0.1) is 11.8 Å². The molecule has 0 heterocycles. The molecular formula is C15H19NO6. The average molecular weight is 309 g/mol. The molecule has 0 aliphatic heterocycles. The van der Waals surface area contributed by atoms with Crippen LogP contribution >= 0.6 is 0 Å². The summed E-state index contributed by atoms with van der Waals surface area (Å²) in [6.07, 6.45) is 0.399. The van der Waals surface area contributed by atoms with Gasteiger partial charge in [0.25, 0.3) is 0 Å². The minimum Gasteiger partial charge on any atom is -0.493 e. The van der Waals surface area contributed by atoms with Crippen molar-refractivity contribution in [2.24, 2.45) is 11.8 Å². The quantitative estimate of drug-likeness (QED) is 0.782. The van der Waals surface area contributed by atoms with Crippen LogP contribution in [0.4, 0.5) is 0 Å². The summed E-state index contributed by atoms with van der Waals surface area (Å²) in [4.78, 5) is 22.6. The third kappa shape index (κ3) is 3.24. The number of amides is 1. The normalized spacial score (nSPS) is 19.2. The van der Waals surface area contributed by atoms with Gasteiger partial charge in [0.1, 0.15) is 0 Å². The molecule has 7 nitrogen and oxygen atoms in total. The SMILES string of the molecule is COc1cc(CNC(=O)C2CC2C(=O)O)cc(OC)c1OC. The summed E-state index contributed by atoms with van der Waals surface area (Å²) in [5, 5.41) is 11.6. The van der Waals surface area contributed by atoms with E-state index >= 15 is 0 Å². The molecule has 1 aromatic rings. The smallest absolute Gasteiger partial charge is 0.307 e. The Morgan fingerprint density at radius 2 is 1.73 bits per heavy atom. The third-order valence-corrected chi connectivity index (χ3v) is 3.64. The number of aliphatic carboxylic acids is 1. The van der Waals surface area contributed by atoms with Crippen molar-refractivity contribution >= 4 is 11.9 Å². The lowest BCUT2D eigenvalue weighted by molar-refractivity contribution is -0.140. The second kappa shape index (κ2) is 6.55. The first kappa shape index (κ1) is 15.9. The van der Waals surface area contributed by atoms with Crippen LogP contribution in [-0.2, 0) is 16.1 Å². The molecule has 1 fully saturated rings. The monoisotopic (exact) mass is 309 g/mol. The zero-order valence-electron chi connectivity index (χ0n) is 12.7. The zero-order valence-corrected chi connectivity index (χ0v) is 12.7. The molecule has 2 N–H and O–H groups in total. The first-order valence-corrected chi connectivity index (χ1v) is 6.81. The Morgan fingerprint density at radius 3 is 2.14 bits per heavy atom. The van der Waals surface area contributed by atoms with E-state index in [0.29, 0.717) is 23.7 Å². The number of benzene rings is 1. The maximum Gasteiger partial charge on any atom is 0.307 e.